The molecule has 1 aliphatic rings. The van der Waals surface area contributed by atoms with Crippen molar-refractivity contribution in [2.75, 3.05) is 23.7 Å². The molecule has 0 aromatic carbocycles. The SMILES string of the molecule is CCNc1nc(NCC2CCC(O)CC2)c2[nH]cnc2n1. The zero-order valence-electron chi connectivity index (χ0n) is 12.3. The quantitative estimate of drug-likeness (QED) is 0.669. The first-order chi connectivity index (χ1) is 10.3. The zero-order chi connectivity index (χ0) is 14.7. The van der Waals surface area contributed by atoms with Gasteiger partial charge in [0.15, 0.2) is 11.5 Å². The largest absolute Gasteiger partial charge is 0.393 e. The molecule has 0 unspecified atom stereocenters. The van der Waals surface area contributed by atoms with E-state index < -0.39 is 0 Å². The third-order valence-electron chi connectivity index (χ3n) is 3.99. The lowest BCUT2D eigenvalue weighted by atomic mass is 9.87. The van der Waals surface area contributed by atoms with Crippen LogP contribution in [0, 0.1) is 5.92 Å². The normalized spacial score (nSPS) is 22.4. The fraction of sp³-hybridized carbons (Fsp3) is 0.643. The topological polar surface area (TPSA) is 98.8 Å². The Hall–Kier alpha value is -1.89. The van der Waals surface area contributed by atoms with Crippen LogP contribution < -0.4 is 10.6 Å². The molecular formula is C14H22N6O. The number of aromatic amines is 1. The van der Waals surface area contributed by atoms with Gasteiger partial charge in [0.2, 0.25) is 5.95 Å². The Labute approximate surface area is 123 Å². The first kappa shape index (κ1) is 14.1. The van der Waals surface area contributed by atoms with E-state index in [0.717, 1.165) is 50.1 Å². The number of hydrogen-bond acceptors (Lipinski definition) is 6. The summed E-state index contributed by atoms with van der Waals surface area (Å²) in [5, 5.41) is 16.1. The number of hydrogen-bond donors (Lipinski definition) is 4. The van der Waals surface area contributed by atoms with Gasteiger partial charge in [-0.1, -0.05) is 0 Å². The minimum atomic E-state index is -0.111. The molecule has 114 valence electrons. The van der Waals surface area contributed by atoms with Crippen LogP contribution in [0.5, 0.6) is 0 Å². The molecule has 0 atom stereocenters. The van der Waals surface area contributed by atoms with Crippen molar-refractivity contribution < 1.29 is 5.11 Å². The fourth-order valence-corrected chi connectivity index (χ4v) is 2.79. The van der Waals surface area contributed by atoms with Crippen molar-refractivity contribution in [1.29, 1.82) is 0 Å². The van der Waals surface area contributed by atoms with Gasteiger partial charge >= 0.3 is 0 Å². The van der Waals surface area contributed by atoms with Crippen LogP contribution in [0.25, 0.3) is 11.2 Å². The van der Waals surface area contributed by atoms with E-state index in [-0.39, 0.29) is 6.10 Å². The second-order valence-corrected chi connectivity index (χ2v) is 5.58. The predicted octanol–water partition coefficient (Wildman–Crippen LogP) is 1.75. The highest BCUT2D eigenvalue weighted by atomic mass is 16.3. The molecule has 1 aliphatic carbocycles. The smallest absolute Gasteiger partial charge is 0.226 e. The van der Waals surface area contributed by atoms with Gasteiger partial charge in [-0.2, -0.15) is 9.97 Å². The Kier molecular flexibility index (Phi) is 4.19. The van der Waals surface area contributed by atoms with Crippen LogP contribution in [0.1, 0.15) is 32.6 Å². The van der Waals surface area contributed by atoms with Crippen molar-refractivity contribution in [3.05, 3.63) is 6.33 Å². The second-order valence-electron chi connectivity index (χ2n) is 5.58. The molecule has 7 heteroatoms. The molecule has 3 rings (SSSR count). The minimum Gasteiger partial charge on any atom is -0.393 e. The minimum absolute atomic E-state index is 0.111. The van der Waals surface area contributed by atoms with Crippen molar-refractivity contribution in [2.24, 2.45) is 5.92 Å². The number of aliphatic hydroxyl groups excluding tert-OH is 1. The highest BCUT2D eigenvalue weighted by Gasteiger charge is 2.19. The van der Waals surface area contributed by atoms with E-state index in [1.165, 1.54) is 0 Å². The molecule has 0 amide bonds. The summed E-state index contributed by atoms with van der Waals surface area (Å²) in [4.78, 5) is 16.2. The lowest BCUT2D eigenvalue weighted by molar-refractivity contribution is 0.111. The predicted molar refractivity (Wildman–Crippen MR) is 82.3 cm³/mol. The summed E-state index contributed by atoms with van der Waals surface area (Å²) < 4.78 is 0. The van der Waals surface area contributed by atoms with Gasteiger partial charge < -0.3 is 20.7 Å². The summed E-state index contributed by atoms with van der Waals surface area (Å²) in [5.41, 5.74) is 1.51. The van der Waals surface area contributed by atoms with Crippen LogP contribution in [-0.4, -0.2) is 44.2 Å². The molecule has 0 spiro atoms. The number of nitrogens with zero attached hydrogens (tertiary/aromatic N) is 3. The van der Waals surface area contributed by atoms with Gasteiger partial charge in [0, 0.05) is 13.1 Å². The van der Waals surface area contributed by atoms with Crippen molar-refractivity contribution >= 4 is 22.9 Å². The number of anilines is 2. The van der Waals surface area contributed by atoms with Crippen LogP contribution in [0.15, 0.2) is 6.33 Å². The highest BCUT2D eigenvalue weighted by molar-refractivity contribution is 5.83. The Morgan fingerprint density at radius 1 is 1.24 bits per heavy atom. The van der Waals surface area contributed by atoms with Gasteiger partial charge in [-0.25, -0.2) is 4.98 Å². The average Bonchev–Trinajstić information content (AvgIpc) is 2.95. The Morgan fingerprint density at radius 2 is 2.05 bits per heavy atom. The van der Waals surface area contributed by atoms with Gasteiger partial charge in [-0.15, -0.1) is 0 Å². The van der Waals surface area contributed by atoms with Gasteiger partial charge in [-0.05, 0) is 38.5 Å². The fourth-order valence-electron chi connectivity index (χ4n) is 2.79. The molecule has 0 aliphatic heterocycles. The number of imidazole rings is 1. The number of nitrogens with one attached hydrogen (secondary N) is 3. The third-order valence-corrected chi connectivity index (χ3v) is 3.99. The Balaban J connectivity index is 1.71. The number of H-pyrrole nitrogens is 1. The maximum atomic E-state index is 9.56. The van der Waals surface area contributed by atoms with Crippen LogP contribution in [0.2, 0.25) is 0 Å². The molecule has 0 radical (unpaired) electrons. The summed E-state index contributed by atoms with van der Waals surface area (Å²) in [6, 6.07) is 0. The molecule has 4 N–H and O–H groups in total. The van der Waals surface area contributed by atoms with E-state index in [2.05, 4.69) is 30.6 Å². The summed E-state index contributed by atoms with van der Waals surface area (Å²) >= 11 is 0. The molecule has 0 saturated heterocycles. The Morgan fingerprint density at radius 3 is 2.81 bits per heavy atom. The van der Waals surface area contributed by atoms with Gasteiger partial charge in [0.25, 0.3) is 0 Å². The average molecular weight is 290 g/mol. The van der Waals surface area contributed by atoms with Crippen LogP contribution in [0.3, 0.4) is 0 Å². The second kappa shape index (κ2) is 6.26. The molecule has 7 nitrogen and oxygen atoms in total. The number of rotatable bonds is 5. The Bertz CT molecular complexity index is 590. The summed E-state index contributed by atoms with van der Waals surface area (Å²) in [7, 11) is 0. The first-order valence-electron chi connectivity index (χ1n) is 7.63. The molecular weight excluding hydrogens is 268 g/mol. The molecule has 1 fully saturated rings. The van der Waals surface area contributed by atoms with Crippen LogP contribution >= 0.6 is 0 Å². The number of aromatic nitrogens is 4. The summed E-state index contributed by atoms with van der Waals surface area (Å²) in [6.45, 7) is 3.65. The zero-order valence-corrected chi connectivity index (χ0v) is 12.3. The maximum absolute atomic E-state index is 9.56. The van der Waals surface area contributed by atoms with Gasteiger partial charge in [0.05, 0.1) is 12.4 Å². The monoisotopic (exact) mass is 290 g/mol. The summed E-state index contributed by atoms with van der Waals surface area (Å²) in [5.74, 6) is 1.97. The highest BCUT2D eigenvalue weighted by Crippen LogP contribution is 2.25. The van der Waals surface area contributed by atoms with E-state index in [4.69, 9.17) is 0 Å². The molecule has 21 heavy (non-hydrogen) atoms. The van der Waals surface area contributed by atoms with Gasteiger partial charge in [-0.3, -0.25) is 0 Å². The van der Waals surface area contributed by atoms with Crippen LogP contribution in [0.4, 0.5) is 11.8 Å². The van der Waals surface area contributed by atoms with E-state index in [9.17, 15) is 5.11 Å². The first-order valence-corrected chi connectivity index (χ1v) is 7.63. The molecule has 2 aromatic rings. The third kappa shape index (κ3) is 3.24. The van der Waals surface area contributed by atoms with Crippen LogP contribution in [-0.2, 0) is 0 Å². The number of aliphatic hydroxyl groups is 1. The molecule has 1 saturated carbocycles. The standard InChI is InChI=1S/C14H22N6O/c1-2-15-14-19-12(11-13(20-14)18-8-17-11)16-7-9-3-5-10(21)6-4-9/h8-10,21H,2-7H2,1H3,(H3,15,16,17,18,19,20). The number of fused-ring (bicyclic) bond motifs is 1. The molecule has 0 bridgehead atoms. The lowest BCUT2D eigenvalue weighted by Crippen LogP contribution is -2.24. The van der Waals surface area contributed by atoms with E-state index >= 15 is 0 Å². The molecule has 2 heterocycles. The lowest BCUT2D eigenvalue weighted by Gasteiger charge is -2.25. The summed E-state index contributed by atoms with van der Waals surface area (Å²) in [6.07, 6.45) is 5.45. The van der Waals surface area contributed by atoms with Gasteiger partial charge in [0.1, 0.15) is 5.52 Å². The maximum Gasteiger partial charge on any atom is 0.226 e. The van der Waals surface area contributed by atoms with E-state index in [0.29, 0.717) is 17.5 Å². The van der Waals surface area contributed by atoms with Crippen molar-refractivity contribution in [1.82, 2.24) is 19.9 Å². The van der Waals surface area contributed by atoms with E-state index in [1.807, 2.05) is 6.92 Å². The van der Waals surface area contributed by atoms with Crippen molar-refractivity contribution in [3.63, 3.8) is 0 Å². The van der Waals surface area contributed by atoms with E-state index in [1.54, 1.807) is 6.33 Å². The van der Waals surface area contributed by atoms with Crippen molar-refractivity contribution in [2.45, 2.75) is 38.7 Å². The molecule has 2 aromatic heterocycles. The van der Waals surface area contributed by atoms with Crippen molar-refractivity contribution in [3.8, 4) is 0 Å².